The van der Waals surface area contributed by atoms with Gasteiger partial charge in [0.15, 0.2) is 4.34 Å². The number of thiazole rings is 1. The number of benzene rings is 1. The van der Waals surface area contributed by atoms with Gasteiger partial charge in [-0.15, -0.1) is 11.3 Å². The summed E-state index contributed by atoms with van der Waals surface area (Å²) < 4.78 is 18.6. The quantitative estimate of drug-likeness (QED) is 0.613. The van der Waals surface area contributed by atoms with Gasteiger partial charge in [-0.05, 0) is 25.1 Å². The third kappa shape index (κ3) is 3.78. The second-order valence-electron chi connectivity index (χ2n) is 4.43. The van der Waals surface area contributed by atoms with Gasteiger partial charge in [-0.2, -0.15) is 0 Å². The molecular formula is C13H17N3O3S2. The minimum absolute atomic E-state index is 0.274. The molecule has 0 spiro atoms. The van der Waals surface area contributed by atoms with E-state index < -0.39 is 16.0 Å². The third-order valence-electron chi connectivity index (χ3n) is 2.86. The molecule has 1 aromatic heterocycles. The summed E-state index contributed by atoms with van der Waals surface area (Å²) in [5.41, 5.74) is 7.09. The standard InChI is InChI=1S/C13H17N3O3S2/c1-8(12(17)15-5-6-19-2)21(18)13-16-10-4-3-9(14)7-11(10)20-13/h3-4,7-8H,5-6,14H2,1-2H3,(H,15,17). The first-order chi connectivity index (χ1) is 10.0. The van der Waals surface area contributed by atoms with E-state index in [4.69, 9.17) is 10.5 Å². The molecule has 1 aromatic carbocycles. The summed E-state index contributed by atoms with van der Waals surface area (Å²) in [5, 5.41) is 2.01. The Morgan fingerprint density at radius 2 is 2.33 bits per heavy atom. The Balaban J connectivity index is 2.11. The molecule has 0 aliphatic rings. The number of nitrogen functional groups attached to an aromatic ring is 1. The number of carbonyl (C=O) groups excluding carboxylic acids is 1. The molecule has 0 radical (unpaired) electrons. The number of nitrogens with zero attached hydrogens (tertiary/aromatic N) is 1. The molecule has 0 fully saturated rings. The van der Waals surface area contributed by atoms with Crippen LogP contribution in [0.2, 0.25) is 0 Å². The van der Waals surface area contributed by atoms with Crippen molar-refractivity contribution >= 4 is 43.9 Å². The van der Waals surface area contributed by atoms with Crippen molar-refractivity contribution in [2.75, 3.05) is 26.0 Å². The van der Waals surface area contributed by atoms with Gasteiger partial charge in [0.2, 0.25) is 5.91 Å². The summed E-state index contributed by atoms with van der Waals surface area (Å²) in [7, 11) is 0.0669. The molecule has 114 valence electrons. The normalized spacial score (nSPS) is 14.0. The Bertz CT molecular complexity index is 672. The van der Waals surface area contributed by atoms with Gasteiger partial charge in [0.05, 0.1) is 27.6 Å². The molecule has 2 atom stereocenters. The van der Waals surface area contributed by atoms with Crippen LogP contribution >= 0.6 is 11.3 Å². The van der Waals surface area contributed by atoms with E-state index in [1.165, 1.54) is 11.3 Å². The van der Waals surface area contributed by atoms with E-state index in [0.717, 1.165) is 10.2 Å². The largest absolute Gasteiger partial charge is 0.399 e. The van der Waals surface area contributed by atoms with Crippen LogP contribution in [0.25, 0.3) is 10.2 Å². The Kier molecular flexibility index (Phi) is 5.27. The van der Waals surface area contributed by atoms with E-state index in [-0.39, 0.29) is 5.91 Å². The number of methoxy groups -OCH3 is 1. The molecule has 0 aliphatic carbocycles. The van der Waals surface area contributed by atoms with E-state index >= 15 is 0 Å². The van der Waals surface area contributed by atoms with E-state index in [0.29, 0.717) is 23.2 Å². The maximum absolute atomic E-state index is 12.4. The molecule has 6 nitrogen and oxygen atoms in total. The van der Waals surface area contributed by atoms with Crippen LogP contribution in [0.15, 0.2) is 22.5 Å². The van der Waals surface area contributed by atoms with Crippen LogP contribution in [0.4, 0.5) is 5.69 Å². The van der Waals surface area contributed by atoms with Gasteiger partial charge >= 0.3 is 0 Å². The van der Waals surface area contributed by atoms with Gasteiger partial charge in [-0.25, -0.2) is 4.98 Å². The zero-order valence-corrected chi connectivity index (χ0v) is 13.4. The second kappa shape index (κ2) is 6.97. The zero-order chi connectivity index (χ0) is 15.4. The summed E-state index contributed by atoms with van der Waals surface area (Å²) in [6.07, 6.45) is 0. The van der Waals surface area contributed by atoms with E-state index in [9.17, 15) is 9.00 Å². The molecule has 2 aromatic rings. The third-order valence-corrected chi connectivity index (χ3v) is 5.71. The number of anilines is 1. The lowest BCUT2D eigenvalue weighted by Gasteiger charge is -2.09. The molecule has 1 amide bonds. The van der Waals surface area contributed by atoms with Gasteiger partial charge < -0.3 is 15.8 Å². The summed E-state index contributed by atoms with van der Waals surface area (Å²) in [6, 6.07) is 5.32. The number of carbonyl (C=O) groups is 1. The molecule has 0 aliphatic heterocycles. The summed E-state index contributed by atoms with van der Waals surface area (Å²) in [6.45, 7) is 2.44. The Labute approximate surface area is 129 Å². The molecule has 2 rings (SSSR count). The van der Waals surface area contributed by atoms with Crippen LogP contribution < -0.4 is 11.1 Å². The number of ether oxygens (including phenoxy) is 1. The van der Waals surface area contributed by atoms with Crippen LogP contribution in [-0.4, -0.2) is 40.6 Å². The lowest BCUT2D eigenvalue weighted by molar-refractivity contribution is -0.120. The first-order valence-corrected chi connectivity index (χ1v) is 8.39. The summed E-state index contributed by atoms with van der Waals surface area (Å²) in [4.78, 5) is 16.2. The molecular weight excluding hydrogens is 310 g/mol. The number of amides is 1. The molecule has 3 N–H and O–H groups in total. The van der Waals surface area contributed by atoms with Crippen molar-refractivity contribution in [3.05, 3.63) is 18.2 Å². The Morgan fingerprint density at radius 1 is 1.57 bits per heavy atom. The lowest BCUT2D eigenvalue weighted by Crippen LogP contribution is -2.37. The van der Waals surface area contributed by atoms with Crippen molar-refractivity contribution in [2.24, 2.45) is 0 Å². The second-order valence-corrected chi connectivity index (χ2v) is 7.41. The van der Waals surface area contributed by atoms with Gasteiger partial charge in [-0.3, -0.25) is 9.00 Å². The number of fused-ring (bicyclic) bond motifs is 1. The van der Waals surface area contributed by atoms with Crippen molar-refractivity contribution in [1.82, 2.24) is 10.3 Å². The summed E-state index contributed by atoms with van der Waals surface area (Å²) in [5.74, 6) is -0.274. The van der Waals surface area contributed by atoms with Gasteiger partial charge in [0, 0.05) is 19.3 Å². The minimum atomic E-state index is -1.49. The Morgan fingerprint density at radius 3 is 3.05 bits per heavy atom. The maximum Gasteiger partial charge on any atom is 0.236 e. The fourth-order valence-corrected chi connectivity index (χ4v) is 4.22. The Hall–Kier alpha value is -1.51. The fourth-order valence-electron chi connectivity index (χ4n) is 1.67. The zero-order valence-electron chi connectivity index (χ0n) is 11.8. The molecule has 21 heavy (non-hydrogen) atoms. The molecule has 0 saturated heterocycles. The molecule has 1 heterocycles. The maximum atomic E-state index is 12.4. The van der Waals surface area contributed by atoms with Crippen LogP contribution in [0.5, 0.6) is 0 Å². The average Bonchev–Trinajstić information content (AvgIpc) is 2.88. The van der Waals surface area contributed by atoms with Crippen molar-refractivity contribution in [2.45, 2.75) is 16.5 Å². The van der Waals surface area contributed by atoms with Gasteiger partial charge in [0.25, 0.3) is 0 Å². The van der Waals surface area contributed by atoms with Crippen molar-refractivity contribution in [3.63, 3.8) is 0 Å². The lowest BCUT2D eigenvalue weighted by atomic mass is 10.3. The van der Waals surface area contributed by atoms with Gasteiger partial charge in [-0.1, -0.05) is 0 Å². The SMILES string of the molecule is COCCNC(=O)C(C)S(=O)c1nc2ccc(N)cc2s1. The molecule has 8 heteroatoms. The predicted octanol–water partition coefficient (Wildman–Crippen LogP) is 1.14. The van der Waals surface area contributed by atoms with Crippen LogP contribution in [0.3, 0.4) is 0 Å². The minimum Gasteiger partial charge on any atom is -0.399 e. The predicted molar refractivity (Wildman–Crippen MR) is 84.8 cm³/mol. The van der Waals surface area contributed by atoms with Crippen LogP contribution in [-0.2, 0) is 20.3 Å². The molecule has 0 saturated carbocycles. The highest BCUT2D eigenvalue weighted by Crippen LogP contribution is 2.27. The van der Waals surface area contributed by atoms with Crippen LogP contribution in [0.1, 0.15) is 6.92 Å². The first kappa shape index (κ1) is 15.9. The fraction of sp³-hybridized carbons (Fsp3) is 0.385. The van der Waals surface area contributed by atoms with Crippen LogP contribution in [0, 0.1) is 0 Å². The molecule has 0 bridgehead atoms. The average molecular weight is 327 g/mol. The van der Waals surface area contributed by atoms with E-state index in [1.54, 1.807) is 32.2 Å². The summed E-state index contributed by atoms with van der Waals surface area (Å²) >= 11 is 1.30. The monoisotopic (exact) mass is 327 g/mol. The number of rotatable bonds is 6. The molecule has 2 unspecified atom stereocenters. The number of nitrogens with two attached hydrogens (primary N) is 1. The number of aromatic nitrogens is 1. The number of hydrogen-bond acceptors (Lipinski definition) is 6. The highest BCUT2D eigenvalue weighted by Gasteiger charge is 2.23. The highest BCUT2D eigenvalue weighted by molar-refractivity contribution is 7.88. The van der Waals surface area contributed by atoms with Crippen molar-refractivity contribution in [3.8, 4) is 0 Å². The van der Waals surface area contributed by atoms with E-state index in [1.807, 2.05) is 0 Å². The number of hydrogen-bond donors (Lipinski definition) is 2. The highest BCUT2D eigenvalue weighted by atomic mass is 32.2. The van der Waals surface area contributed by atoms with Crippen molar-refractivity contribution in [1.29, 1.82) is 0 Å². The number of nitrogens with one attached hydrogen (secondary N) is 1. The van der Waals surface area contributed by atoms with E-state index in [2.05, 4.69) is 10.3 Å². The smallest absolute Gasteiger partial charge is 0.236 e. The van der Waals surface area contributed by atoms with Crippen molar-refractivity contribution < 1.29 is 13.7 Å². The topological polar surface area (TPSA) is 94.3 Å². The first-order valence-electron chi connectivity index (χ1n) is 6.36. The van der Waals surface area contributed by atoms with Gasteiger partial charge in [0.1, 0.15) is 5.25 Å².